The normalized spacial score (nSPS) is 15.0. The van der Waals surface area contributed by atoms with Gasteiger partial charge in [-0.3, -0.25) is 4.79 Å². The number of rotatable bonds is 7. The number of hydrogen-bond donors (Lipinski definition) is 2. The number of ether oxygens (including phenoxy) is 1. The minimum absolute atomic E-state index is 0.0486. The first-order valence-electron chi connectivity index (χ1n) is 8.71. The van der Waals surface area contributed by atoms with E-state index >= 15 is 0 Å². The van der Waals surface area contributed by atoms with Crippen LogP contribution in [-0.2, 0) is 21.8 Å². The summed E-state index contributed by atoms with van der Waals surface area (Å²) < 4.78 is 5.39. The zero-order valence-corrected chi connectivity index (χ0v) is 15.2. The lowest BCUT2D eigenvalue weighted by atomic mass is 10.2. The number of benzene rings is 2. The summed E-state index contributed by atoms with van der Waals surface area (Å²) in [5.41, 5.74) is 3.41. The van der Waals surface area contributed by atoms with Crippen LogP contribution in [0.1, 0.15) is 11.1 Å². The molecule has 0 atom stereocenters. The van der Waals surface area contributed by atoms with E-state index in [1.807, 2.05) is 30.3 Å². The average Bonchev–Trinajstić information content (AvgIpc) is 2.65. The lowest BCUT2D eigenvalue weighted by molar-refractivity contribution is -0.921. The van der Waals surface area contributed by atoms with Crippen molar-refractivity contribution in [1.29, 1.82) is 0 Å². The zero-order valence-electron chi connectivity index (χ0n) is 14.4. The fourth-order valence-electron chi connectivity index (χ4n) is 2.86. The molecule has 0 saturated carbocycles. The van der Waals surface area contributed by atoms with Gasteiger partial charge in [0.1, 0.15) is 19.6 Å². The fraction of sp³-hybridized carbons (Fsp3) is 0.350. The van der Waals surface area contributed by atoms with Crippen LogP contribution in [0.15, 0.2) is 54.6 Å². The van der Waals surface area contributed by atoms with Gasteiger partial charge >= 0.3 is 0 Å². The lowest BCUT2D eigenvalue weighted by Crippen LogP contribution is -3.12. The highest BCUT2D eigenvalue weighted by atomic mass is 32.2. The summed E-state index contributed by atoms with van der Waals surface area (Å²) in [6.45, 7) is 4.85. The molecule has 1 aliphatic heterocycles. The molecule has 2 aromatic carbocycles. The van der Waals surface area contributed by atoms with Crippen molar-refractivity contribution in [2.45, 2.75) is 12.3 Å². The Morgan fingerprint density at radius 3 is 2.44 bits per heavy atom. The third kappa shape index (κ3) is 6.20. The van der Waals surface area contributed by atoms with Gasteiger partial charge in [-0.25, -0.2) is 0 Å². The molecule has 0 spiro atoms. The standard InChI is InChI=1S/C20H24N2O2S/c23-20(16-25-15-18-4-2-1-3-5-18)21-19-8-6-17(7-9-19)14-22-10-12-24-13-11-22/h1-9H,10-16H2,(H,21,23)/p+1. The highest BCUT2D eigenvalue weighted by Gasteiger charge is 2.14. The number of morpholine rings is 1. The summed E-state index contributed by atoms with van der Waals surface area (Å²) in [4.78, 5) is 13.6. The zero-order chi connectivity index (χ0) is 17.3. The number of quaternary nitrogens is 1. The van der Waals surface area contributed by atoms with Crippen molar-refractivity contribution >= 4 is 23.4 Å². The molecular formula is C20H25N2O2S+. The molecule has 2 aromatic rings. The van der Waals surface area contributed by atoms with Gasteiger partial charge < -0.3 is 15.0 Å². The van der Waals surface area contributed by atoms with Crippen molar-refractivity contribution in [3.05, 3.63) is 65.7 Å². The minimum atomic E-state index is 0.0486. The second-order valence-electron chi connectivity index (χ2n) is 6.26. The number of hydrogen-bond acceptors (Lipinski definition) is 3. The molecule has 1 amide bonds. The van der Waals surface area contributed by atoms with Crippen LogP contribution in [0.3, 0.4) is 0 Å². The third-order valence-corrected chi connectivity index (χ3v) is 5.24. The minimum Gasteiger partial charge on any atom is -0.370 e. The Kier molecular flexibility index (Phi) is 6.91. The third-order valence-electron chi connectivity index (χ3n) is 4.24. The monoisotopic (exact) mass is 357 g/mol. The average molecular weight is 357 g/mol. The van der Waals surface area contributed by atoms with Crippen molar-refractivity contribution in [3.63, 3.8) is 0 Å². The van der Waals surface area contributed by atoms with E-state index in [0.29, 0.717) is 5.75 Å². The lowest BCUT2D eigenvalue weighted by Gasteiger charge is -2.23. The van der Waals surface area contributed by atoms with Gasteiger partial charge in [-0.2, -0.15) is 0 Å². The van der Waals surface area contributed by atoms with Gasteiger partial charge in [0, 0.05) is 17.0 Å². The summed E-state index contributed by atoms with van der Waals surface area (Å²) in [6, 6.07) is 18.4. The van der Waals surface area contributed by atoms with Gasteiger partial charge in [0.25, 0.3) is 0 Å². The first-order valence-corrected chi connectivity index (χ1v) is 9.87. The second kappa shape index (κ2) is 9.61. The fourth-order valence-corrected chi connectivity index (χ4v) is 3.65. The SMILES string of the molecule is O=C(CSCc1ccccc1)Nc1ccc(C[NH+]2CCOCC2)cc1. The van der Waals surface area contributed by atoms with Gasteiger partial charge in [0.15, 0.2) is 0 Å². The molecule has 0 aliphatic carbocycles. The van der Waals surface area contributed by atoms with Crippen LogP contribution < -0.4 is 10.2 Å². The van der Waals surface area contributed by atoms with Crippen LogP contribution in [0.2, 0.25) is 0 Å². The predicted octanol–water partition coefficient (Wildman–Crippen LogP) is 1.97. The molecule has 132 valence electrons. The molecule has 0 radical (unpaired) electrons. The summed E-state index contributed by atoms with van der Waals surface area (Å²) in [7, 11) is 0. The molecule has 0 bridgehead atoms. The van der Waals surface area contributed by atoms with Crippen molar-refractivity contribution in [2.24, 2.45) is 0 Å². The maximum Gasteiger partial charge on any atom is 0.234 e. The Bertz CT molecular complexity index is 655. The Hall–Kier alpha value is -1.82. The van der Waals surface area contributed by atoms with E-state index in [1.54, 1.807) is 16.7 Å². The van der Waals surface area contributed by atoms with Gasteiger partial charge in [0.05, 0.1) is 19.0 Å². The molecule has 0 aromatic heterocycles. The van der Waals surface area contributed by atoms with Gasteiger partial charge in [0.2, 0.25) is 5.91 Å². The molecule has 1 fully saturated rings. The van der Waals surface area contributed by atoms with Crippen LogP contribution in [0.25, 0.3) is 0 Å². The Balaban J connectivity index is 1.40. The molecule has 3 rings (SSSR count). The van der Waals surface area contributed by atoms with Crippen LogP contribution in [-0.4, -0.2) is 38.0 Å². The Morgan fingerprint density at radius 2 is 1.72 bits per heavy atom. The topological polar surface area (TPSA) is 42.8 Å². The van der Waals surface area contributed by atoms with Gasteiger partial charge in [-0.05, 0) is 17.7 Å². The first kappa shape index (κ1) is 18.0. The molecule has 4 nitrogen and oxygen atoms in total. The second-order valence-corrected chi connectivity index (χ2v) is 7.25. The van der Waals surface area contributed by atoms with Crippen LogP contribution in [0.5, 0.6) is 0 Å². The van der Waals surface area contributed by atoms with E-state index in [-0.39, 0.29) is 5.91 Å². The summed E-state index contributed by atoms with van der Waals surface area (Å²) >= 11 is 1.63. The van der Waals surface area contributed by atoms with Crippen molar-refractivity contribution in [3.8, 4) is 0 Å². The molecule has 25 heavy (non-hydrogen) atoms. The predicted molar refractivity (Wildman–Crippen MR) is 103 cm³/mol. The van der Waals surface area contributed by atoms with Crippen molar-refractivity contribution in [2.75, 3.05) is 37.4 Å². The number of thioether (sulfide) groups is 1. The Labute approximate surface area is 153 Å². The molecular weight excluding hydrogens is 332 g/mol. The largest absolute Gasteiger partial charge is 0.370 e. The van der Waals surface area contributed by atoms with Crippen LogP contribution in [0, 0.1) is 0 Å². The highest BCUT2D eigenvalue weighted by Crippen LogP contribution is 2.13. The summed E-state index contributed by atoms with van der Waals surface area (Å²) in [6.07, 6.45) is 0. The molecule has 0 unspecified atom stereocenters. The quantitative estimate of drug-likeness (QED) is 0.796. The molecule has 2 N–H and O–H groups in total. The first-order chi connectivity index (χ1) is 12.3. The molecule has 1 aliphatic rings. The smallest absolute Gasteiger partial charge is 0.234 e. The van der Waals surface area contributed by atoms with E-state index in [1.165, 1.54) is 11.1 Å². The Morgan fingerprint density at radius 1 is 1.00 bits per heavy atom. The van der Waals surface area contributed by atoms with Crippen molar-refractivity contribution < 1.29 is 14.4 Å². The number of anilines is 1. The molecule has 1 heterocycles. The van der Waals surface area contributed by atoms with Gasteiger partial charge in [-0.1, -0.05) is 42.5 Å². The molecule has 1 saturated heterocycles. The number of carbonyl (C=O) groups is 1. The van der Waals surface area contributed by atoms with E-state index in [0.717, 1.165) is 44.3 Å². The van der Waals surface area contributed by atoms with Gasteiger partial charge in [-0.15, -0.1) is 11.8 Å². The van der Waals surface area contributed by atoms with Crippen molar-refractivity contribution in [1.82, 2.24) is 0 Å². The summed E-state index contributed by atoms with van der Waals surface area (Å²) in [5, 5.41) is 2.97. The van der Waals surface area contributed by atoms with Crippen LogP contribution >= 0.6 is 11.8 Å². The maximum absolute atomic E-state index is 12.1. The van der Waals surface area contributed by atoms with E-state index in [2.05, 4.69) is 29.6 Å². The maximum atomic E-state index is 12.1. The number of carbonyl (C=O) groups excluding carboxylic acids is 1. The van der Waals surface area contributed by atoms with E-state index in [4.69, 9.17) is 4.74 Å². The highest BCUT2D eigenvalue weighted by molar-refractivity contribution is 7.99. The summed E-state index contributed by atoms with van der Waals surface area (Å²) in [5.74, 6) is 1.37. The van der Waals surface area contributed by atoms with E-state index in [9.17, 15) is 4.79 Å². The number of amides is 1. The van der Waals surface area contributed by atoms with Crippen LogP contribution in [0.4, 0.5) is 5.69 Å². The number of nitrogens with one attached hydrogen (secondary N) is 2. The van der Waals surface area contributed by atoms with E-state index < -0.39 is 0 Å². The molecule has 5 heteroatoms.